The van der Waals surface area contributed by atoms with E-state index in [4.69, 9.17) is 21.8 Å². The van der Waals surface area contributed by atoms with Crippen LogP contribution in [0.2, 0.25) is 5.02 Å². The van der Waals surface area contributed by atoms with Crippen LogP contribution in [-0.4, -0.2) is 4.98 Å². The highest BCUT2D eigenvalue weighted by Crippen LogP contribution is 2.29. The van der Waals surface area contributed by atoms with Gasteiger partial charge < -0.3 is 10.2 Å². The maximum absolute atomic E-state index is 6.23. The second kappa shape index (κ2) is 4.07. The fraction of sp³-hybridized carbons (Fsp3) is 0.417. The van der Waals surface area contributed by atoms with Crippen molar-refractivity contribution in [3.05, 3.63) is 29.1 Å². The zero-order chi connectivity index (χ0) is 11.8. The lowest BCUT2D eigenvalue weighted by Crippen LogP contribution is -2.35. The molecule has 4 heteroatoms. The third-order valence-electron chi connectivity index (χ3n) is 3.04. The molecule has 2 N–H and O–H groups in total. The van der Waals surface area contributed by atoms with Crippen LogP contribution < -0.4 is 5.73 Å². The van der Waals surface area contributed by atoms with Gasteiger partial charge >= 0.3 is 0 Å². The Kier molecular flexibility index (Phi) is 2.91. The summed E-state index contributed by atoms with van der Waals surface area (Å²) in [5, 5.41) is 0.656. The highest BCUT2D eigenvalue weighted by atomic mass is 35.5. The Balaban J connectivity index is 2.54. The molecule has 16 heavy (non-hydrogen) atoms. The van der Waals surface area contributed by atoms with Gasteiger partial charge in [-0.25, -0.2) is 4.98 Å². The normalized spacial score (nSPS) is 12.2. The number of oxazole rings is 1. The highest BCUT2D eigenvalue weighted by molar-refractivity contribution is 6.31. The summed E-state index contributed by atoms with van der Waals surface area (Å²) in [4.78, 5) is 4.41. The predicted octanol–water partition coefficient (Wildman–Crippen LogP) is 3.46. The second-order valence-electron chi connectivity index (χ2n) is 3.99. The standard InChI is InChI=1S/C12H15ClN2O/c1-3-12(14,4-2)11-15-9-7-8(13)5-6-10(9)16-11/h5-7H,3-4,14H2,1-2H3. The summed E-state index contributed by atoms with van der Waals surface area (Å²) in [6.07, 6.45) is 1.59. The van der Waals surface area contributed by atoms with Gasteiger partial charge in [-0.1, -0.05) is 25.4 Å². The molecule has 0 amide bonds. The van der Waals surface area contributed by atoms with E-state index in [1.54, 1.807) is 12.1 Å². The van der Waals surface area contributed by atoms with Gasteiger partial charge in [0.15, 0.2) is 5.58 Å². The first-order valence-corrected chi connectivity index (χ1v) is 5.82. The van der Waals surface area contributed by atoms with Crippen molar-refractivity contribution in [2.24, 2.45) is 5.73 Å². The minimum absolute atomic E-state index is 0.481. The van der Waals surface area contributed by atoms with E-state index in [1.807, 2.05) is 19.9 Å². The van der Waals surface area contributed by atoms with Crippen molar-refractivity contribution in [2.75, 3.05) is 0 Å². The number of hydrogen-bond donors (Lipinski definition) is 1. The van der Waals surface area contributed by atoms with E-state index in [0.29, 0.717) is 10.9 Å². The van der Waals surface area contributed by atoms with Gasteiger partial charge in [-0.05, 0) is 31.0 Å². The van der Waals surface area contributed by atoms with E-state index in [0.717, 1.165) is 23.9 Å². The molecule has 1 aromatic heterocycles. The molecule has 3 nitrogen and oxygen atoms in total. The summed E-state index contributed by atoms with van der Waals surface area (Å²) in [6, 6.07) is 5.39. The van der Waals surface area contributed by atoms with Crippen molar-refractivity contribution < 1.29 is 4.42 Å². The fourth-order valence-electron chi connectivity index (χ4n) is 1.67. The molecule has 0 aliphatic carbocycles. The minimum atomic E-state index is -0.481. The van der Waals surface area contributed by atoms with Gasteiger partial charge in [0.05, 0.1) is 5.54 Å². The Labute approximate surface area is 99.6 Å². The van der Waals surface area contributed by atoms with Crippen molar-refractivity contribution in [1.29, 1.82) is 0 Å². The Morgan fingerprint density at radius 2 is 2.06 bits per heavy atom. The molecular formula is C12H15ClN2O. The molecule has 0 aliphatic heterocycles. The van der Waals surface area contributed by atoms with E-state index < -0.39 is 5.54 Å². The minimum Gasteiger partial charge on any atom is -0.439 e. The van der Waals surface area contributed by atoms with Crippen LogP contribution in [0.25, 0.3) is 11.1 Å². The summed E-state index contributed by atoms with van der Waals surface area (Å²) >= 11 is 5.90. The van der Waals surface area contributed by atoms with Gasteiger partial charge in [0, 0.05) is 5.02 Å². The van der Waals surface area contributed by atoms with Gasteiger partial charge in [0.25, 0.3) is 0 Å². The van der Waals surface area contributed by atoms with E-state index in [9.17, 15) is 0 Å². The van der Waals surface area contributed by atoms with Gasteiger partial charge in [-0.2, -0.15) is 0 Å². The molecule has 0 aliphatic rings. The highest BCUT2D eigenvalue weighted by Gasteiger charge is 2.28. The summed E-state index contributed by atoms with van der Waals surface area (Å²) in [5.74, 6) is 0.592. The van der Waals surface area contributed by atoms with E-state index in [1.165, 1.54) is 0 Å². The quantitative estimate of drug-likeness (QED) is 0.891. The smallest absolute Gasteiger partial charge is 0.215 e. The third-order valence-corrected chi connectivity index (χ3v) is 3.27. The number of aromatic nitrogens is 1. The zero-order valence-corrected chi connectivity index (χ0v) is 10.2. The molecule has 2 rings (SSSR count). The van der Waals surface area contributed by atoms with Crippen molar-refractivity contribution >= 4 is 22.7 Å². The molecule has 0 fully saturated rings. The van der Waals surface area contributed by atoms with Crippen molar-refractivity contribution in [1.82, 2.24) is 4.98 Å². The molecule has 0 radical (unpaired) electrons. The van der Waals surface area contributed by atoms with Crippen LogP contribution in [0.3, 0.4) is 0 Å². The van der Waals surface area contributed by atoms with Gasteiger partial charge in [-0.3, -0.25) is 0 Å². The van der Waals surface area contributed by atoms with Crippen LogP contribution in [0.5, 0.6) is 0 Å². The Hall–Kier alpha value is -1.06. The average molecular weight is 239 g/mol. The van der Waals surface area contributed by atoms with E-state index >= 15 is 0 Å². The second-order valence-corrected chi connectivity index (χ2v) is 4.43. The van der Waals surface area contributed by atoms with Crippen LogP contribution in [0.4, 0.5) is 0 Å². The van der Waals surface area contributed by atoms with Crippen LogP contribution >= 0.6 is 11.6 Å². The molecule has 0 spiro atoms. The maximum Gasteiger partial charge on any atom is 0.215 e. The van der Waals surface area contributed by atoms with Crippen LogP contribution in [0, 0.1) is 0 Å². The molecule has 0 unspecified atom stereocenters. The van der Waals surface area contributed by atoms with Crippen molar-refractivity contribution in [3.63, 3.8) is 0 Å². The summed E-state index contributed by atoms with van der Waals surface area (Å²) in [7, 11) is 0. The summed E-state index contributed by atoms with van der Waals surface area (Å²) < 4.78 is 5.68. The molecule has 1 heterocycles. The molecule has 0 atom stereocenters. The van der Waals surface area contributed by atoms with E-state index in [2.05, 4.69) is 4.98 Å². The van der Waals surface area contributed by atoms with Crippen LogP contribution in [0.15, 0.2) is 22.6 Å². The average Bonchev–Trinajstić information content (AvgIpc) is 2.71. The molecule has 0 bridgehead atoms. The van der Waals surface area contributed by atoms with E-state index in [-0.39, 0.29) is 0 Å². The Morgan fingerprint density at radius 1 is 1.38 bits per heavy atom. The monoisotopic (exact) mass is 238 g/mol. The van der Waals surface area contributed by atoms with Gasteiger partial charge in [-0.15, -0.1) is 0 Å². The first kappa shape index (κ1) is 11.4. The summed E-state index contributed by atoms with van der Waals surface area (Å²) in [6.45, 7) is 4.07. The van der Waals surface area contributed by atoms with Gasteiger partial charge in [0.2, 0.25) is 5.89 Å². The van der Waals surface area contributed by atoms with Gasteiger partial charge in [0.1, 0.15) is 5.52 Å². The first-order valence-electron chi connectivity index (χ1n) is 5.44. The van der Waals surface area contributed by atoms with Crippen LogP contribution in [-0.2, 0) is 5.54 Å². The lowest BCUT2D eigenvalue weighted by molar-refractivity contribution is 0.318. The lowest BCUT2D eigenvalue weighted by Gasteiger charge is -2.21. The maximum atomic E-state index is 6.23. The summed E-state index contributed by atoms with van der Waals surface area (Å²) in [5.41, 5.74) is 7.25. The molecule has 0 saturated carbocycles. The molecular weight excluding hydrogens is 224 g/mol. The first-order chi connectivity index (χ1) is 7.59. The number of fused-ring (bicyclic) bond motifs is 1. The number of nitrogens with two attached hydrogens (primary N) is 1. The van der Waals surface area contributed by atoms with Crippen molar-refractivity contribution in [3.8, 4) is 0 Å². The largest absolute Gasteiger partial charge is 0.439 e. The number of benzene rings is 1. The molecule has 2 aromatic rings. The number of rotatable bonds is 3. The predicted molar refractivity (Wildman–Crippen MR) is 65.5 cm³/mol. The number of halogens is 1. The Bertz CT molecular complexity index is 503. The number of hydrogen-bond acceptors (Lipinski definition) is 3. The fourth-order valence-corrected chi connectivity index (χ4v) is 1.83. The van der Waals surface area contributed by atoms with Crippen LogP contribution in [0.1, 0.15) is 32.6 Å². The zero-order valence-electron chi connectivity index (χ0n) is 9.46. The number of nitrogens with zero attached hydrogens (tertiary/aromatic N) is 1. The topological polar surface area (TPSA) is 52.0 Å². The third kappa shape index (κ3) is 1.81. The SMILES string of the molecule is CCC(N)(CC)c1nc2cc(Cl)ccc2o1. The van der Waals surface area contributed by atoms with Crippen molar-refractivity contribution in [2.45, 2.75) is 32.2 Å². The molecule has 1 aromatic carbocycles. The lowest BCUT2D eigenvalue weighted by atomic mass is 9.94. The Morgan fingerprint density at radius 3 is 2.69 bits per heavy atom. The molecule has 0 saturated heterocycles. The molecule has 86 valence electrons.